The summed E-state index contributed by atoms with van der Waals surface area (Å²) < 4.78 is 16.3. The van der Waals surface area contributed by atoms with Crippen molar-refractivity contribution in [3.8, 4) is 50.9 Å². The molecule has 375 valence electrons. The van der Waals surface area contributed by atoms with Crippen LogP contribution in [-0.2, 0) is 10.8 Å². The van der Waals surface area contributed by atoms with Gasteiger partial charge in [-0.25, -0.2) is 0 Å². The van der Waals surface area contributed by atoms with E-state index in [2.05, 4.69) is 192 Å². The van der Waals surface area contributed by atoms with Crippen molar-refractivity contribution in [2.24, 2.45) is 47.3 Å². The van der Waals surface area contributed by atoms with Crippen LogP contribution < -0.4 is 30.6 Å². The third-order valence-electron chi connectivity index (χ3n) is 22.0. The third kappa shape index (κ3) is 5.63. The number of ether oxygens (including phenoxy) is 2. The molecule has 6 heteroatoms. The van der Waals surface area contributed by atoms with E-state index >= 15 is 0 Å². The maximum atomic E-state index is 6.86. The Labute approximate surface area is 456 Å². The molecule has 5 nitrogen and oxygen atoms in total. The van der Waals surface area contributed by atoms with Gasteiger partial charge in [-0.15, -0.1) is 0 Å². The first-order chi connectivity index (χ1) is 38.5. The van der Waals surface area contributed by atoms with Crippen molar-refractivity contribution in [2.75, 3.05) is 10.2 Å². The van der Waals surface area contributed by atoms with Gasteiger partial charge in [-0.1, -0.05) is 109 Å². The van der Waals surface area contributed by atoms with Crippen LogP contribution in [0.4, 0.5) is 28.4 Å². The fourth-order valence-electron chi connectivity index (χ4n) is 19.1. The summed E-state index contributed by atoms with van der Waals surface area (Å²) in [6.07, 6.45) is 11.3. The van der Waals surface area contributed by atoms with E-state index in [0.717, 1.165) is 86.9 Å². The third-order valence-corrected chi connectivity index (χ3v) is 22.0. The van der Waals surface area contributed by atoms with E-state index in [4.69, 9.17) is 9.47 Å². The Morgan fingerprint density at radius 1 is 0.513 bits per heavy atom. The summed E-state index contributed by atoms with van der Waals surface area (Å²) in [6, 6.07) is 71.9. The minimum atomic E-state index is 0.290. The van der Waals surface area contributed by atoms with Crippen molar-refractivity contribution in [1.82, 2.24) is 4.57 Å². The van der Waals surface area contributed by atoms with Crippen molar-refractivity contribution in [3.63, 3.8) is 0 Å². The fraction of sp³-hybridized carbons (Fsp3) is 0.250. The maximum Gasteiger partial charge on any atom is 0.197 e. The molecule has 1 N–H and O–H groups in total. The minimum absolute atomic E-state index is 0.290. The molecule has 9 aromatic carbocycles. The highest BCUT2D eigenvalue weighted by molar-refractivity contribution is 6.73. The molecule has 10 aromatic rings. The number of benzene rings is 9. The highest BCUT2D eigenvalue weighted by Crippen LogP contribution is 2.79. The molecule has 7 aliphatic carbocycles. The highest BCUT2D eigenvalue weighted by atomic mass is 16.6. The predicted molar refractivity (Wildman–Crippen MR) is 316 cm³/mol. The number of para-hydroxylation sites is 4. The number of hydrogen-bond donors (Lipinski definition) is 1. The van der Waals surface area contributed by atoms with Crippen molar-refractivity contribution in [3.05, 3.63) is 205 Å². The summed E-state index contributed by atoms with van der Waals surface area (Å²) in [5, 5.41) is 6.86. The Kier molecular flexibility index (Phi) is 8.51. The van der Waals surface area contributed by atoms with Gasteiger partial charge >= 0.3 is 0 Å². The zero-order valence-corrected chi connectivity index (χ0v) is 43.5. The van der Waals surface area contributed by atoms with Gasteiger partial charge in [0.25, 0.3) is 0 Å². The van der Waals surface area contributed by atoms with Crippen LogP contribution in [0.25, 0.3) is 49.7 Å². The van der Waals surface area contributed by atoms with Crippen LogP contribution in [0.3, 0.4) is 0 Å². The van der Waals surface area contributed by atoms with E-state index in [1.807, 2.05) is 24.3 Å². The molecule has 0 amide bonds. The summed E-state index contributed by atoms with van der Waals surface area (Å²) in [6.45, 7) is 0. The molecule has 19 rings (SSSR count). The van der Waals surface area contributed by atoms with Crippen molar-refractivity contribution in [1.29, 1.82) is 0 Å². The monoisotopic (exact) mass is 1010 g/mol. The average Bonchev–Trinajstić information content (AvgIpc) is 2.39. The van der Waals surface area contributed by atoms with Gasteiger partial charge in [-0.2, -0.15) is 0 Å². The Hall–Kier alpha value is -7.96. The quantitative estimate of drug-likeness (QED) is 0.146. The predicted octanol–water partition coefficient (Wildman–Crippen LogP) is 16.8. The van der Waals surface area contributed by atoms with Crippen LogP contribution in [0.15, 0.2) is 194 Å². The molecule has 9 aliphatic rings. The molecule has 0 saturated heterocycles. The average molecular weight is 1010 g/mol. The maximum absolute atomic E-state index is 6.86. The lowest BCUT2D eigenvalue weighted by Crippen LogP contribution is -2.61. The van der Waals surface area contributed by atoms with Gasteiger partial charge < -0.3 is 24.3 Å². The van der Waals surface area contributed by atoms with E-state index in [9.17, 15) is 0 Å². The normalized spacial score (nSPS) is 28.0. The first-order valence-electron chi connectivity index (χ1n) is 29.2. The number of aromatic nitrogens is 1. The molecule has 8 unspecified atom stereocenters. The van der Waals surface area contributed by atoms with Gasteiger partial charge in [0.15, 0.2) is 30.3 Å². The molecule has 7 fully saturated rings. The Morgan fingerprint density at radius 2 is 1.17 bits per heavy atom. The number of nitrogens with zero attached hydrogens (tertiary/aromatic N) is 2. The van der Waals surface area contributed by atoms with Crippen LogP contribution in [0.2, 0.25) is 0 Å². The summed E-state index contributed by atoms with van der Waals surface area (Å²) >= 11 is 0. The number of rotatable bonds is 9. The molecular formula is C72H57BN3O2. The zero-order valence-electron chi connectivity index (χ0n) is 43.5. The van der Waals surface area contributed by atoms with Gasteiger partial charge in [0.05, 0.1) is 11.2 Å². The Morgan fingerprint density at radius 3 is 1.90 bits per heavy atom. The fourth-order valence-corrected chi connectivity index (χ4v) is 19.1. The Balaban J connectivity index is 0.870. The van der Waals surface area contributed by atoms with Crippen molar-refractivity contribution < 1.29 is 9.47 Å². The number of nitrogens with one attached hydrogen (secondary N) is 1. The van der Waals surface area contributed by atoms with Gasteiger partial charge in [0.1, 0.15) is 0 Å². The smallest absolute Gasteiger partial charge is 0.197 e. The molecule has 2 aliphatic heterocycles. The Bertz CT molecular complexity index is 4130. The van der Waals surface area contributed by atoms with Crippen molar-refractivity contribution in [2.45, 2.75) is 62.2 Å². The first kappa shape index (κ1) is 43.1. The number of fused-ring (bicyclic) bond motifs is 7. The minimum Gasteiger partial charge on any atom is -0.449 e. The topological polar surface area (TPSA) is 38.7 Å². The van der Waals surface area contributed by atoms with Gasteiger partial charge in [0.2, 0.25) is 0 Å². The van der Waals surface area contributed by atoms with Crippen LogP contribution >= 0.6 is 0 Å². The van der Waals surface area contributed by atoms with Crippen LogP contribution in [0.5, 0.6) is 23.0 Å². The molecule has 1 radical (unpaired) electrons. The van der Waals surface area contributed by atoms with Crippen LogP contribution in [-0.4, -0.2) is 11.8 Å². The van der Waals surface area contributed by atoms with Gasteiger partial charge in [0, 0.05) is 61.8 Å². The van der Waals surface area contributed by atoms with E-state index in [0.29, 0.717) is 33.8 Å². The second-order valence-electron chi connectivity index (χ2n) is 25.2. The summed E-state index contributed by atoms with van der Waals surface area (Å²) in [5.74, 6) is 9.92. The second kappa shape index (κ2) is 15.4. The van der Waals surface area contributed by atoms with E-state index in [1.165, 1.54) is 101 Å². The van der Waals surface area contributed by atoms with Crippen LogP contribution in [0, 0.1) is 47.3 Å². The molecule has 8 atom stereocenters. The molecule has 1 aromatic heterocycles. The second-order valence-corrected chi connectivity index (χ2v) is 25.2. The lowest BCUT2D eigenvalue weighted by molar-refractivity contribution is -0.0835. The molecule has 7 saturated carbocycles. The lowest BCUT2D eigenvalue weighted by atomic mass is 9.39. The summed E-state index contributed by atoms with van der Waals surface area (Å²) in [7, 11) is 2.58. The van der Waals surface area contributed by atoms with E-state index < -0.39 is 0 Å². The van der Waals surface area contributed by atoms with E-state index in [1.54, 1.807) is 11.1 Å². The number of anilines is 5. The number of hydrogen-bond acceptors (Lipinski definition) is 4. The van der Waals surface area contributed by atoms with Crippen molar-refractivity contribution >= 4 is 68.4 Å². The largest absolute Gasteiger partial charge is 0.449 e. The zero-order chi connectivity index (χ0) is 50.6. The molecule has 0 spiro atoms. The van der Waals surface area contributed by atoms with Gasteiger partial charge in [-0.3, -0.25) is 0 Å². The molecule has 3 heterocycles. The SMILES string of the molecule is [B]1c2c(-c3cc4c(cc3Nc3ccc(-c5ccccc5)cc3)Oc3ccccc3O4)cc(N(c3ccccc3)c3ccccc3)cc2-n2c3ccc(C45C6CCC4CC5C6)cc3c3cc(C45CC6CC7CC(C4)C5C76)cc1c32. The summed E-state index contributed by atoms with van der Waals surface area (Å²) in [5.41, 5.74) is 20.1. The summed E-state index contributed by atoms with van der Waals surface area (Å²) in [4.78, 5) is 2.44. The first-order valence-corrected chi connectivity index (χ1v) is 29.2. The van der Waals surface area contributed by atoms with Gasteiger partial charge in [-0.05, 0) is 222 Å². The van der Waals surface area contributed by atoms with Crippen LogP contribution in [0.1, 0.15) is 62.5 Å². The molecular weight excluding hydrogens is 950 g/mol. The highest BCUT2D eigenvalue weighted by Gasteiger charge is 2.73. The molecule has 0 bridgehead atoms. The lowest BCUT2D eigenvalue weighted by Gasteiger charge is -2.65. The standard InChI is InChI=1S/C72H57BN3O2/c1-4-12-41(13-5-1)42-20-25-51(26-21-42)74-60-38-66-65(77-63-18-10-11-19-64(63)78-66)37-55(60)57-35-54(75(52-14-6-2-7-15-52)53-16-8-3-9-17-53)36-62-69(57)73-59-34-49(71-39-44-28-43-29-45(40-71)68(71)67(43)44)33-58-56-32-48(24-27-61(56)76(62)70(58)59)72-46-22-23-47(72)31-50(72)30-46/h1-21,24-27,32-38,43-47,50,67-68,74H,22-23,28-31,39-40H2. The van der Waals surface area contributed by atoms with E-state index in [-0.39, 0.29) is 0 Å². The molecule has 78 heavy (non-hydrogen) atoms.